The van der Waals surface area contributed by atoms with Crippen LogP contribution < -0.4 is 5.32 Å². The molecule has 2 heterocycles. The molecule has 0 aliphatic rings. The molecular weight excluding hydrogens is 219 g/mol. The highest BCUT2D eigenvalue weighted by Crippen LogP contribution is 2.08. The van der Waals surface area contributed by atoms with Gasteiger partial charge in [0.25, 0.3) is 0 Å². The Balaban J connectivity index is 1.95. The second-order valence-electron chi connectivity index (χ2n) is 4.55. The van der Waals surface area contributed by atoms with E-state index < -0.39 is 0 Å². The fraction of sp³-hybridized carbons (Fsp3) is 0.500. The van der Waals surface area contributed by atoms with Crippen LogP contribution in [0, 0.1) is 11.7 Å². The molecule has 2 rings (SSSR count). The van der Waals surface area contributed by atoms with Crippen molar-refractivity contribution in [2.45, 2.75) is 26.7 Å². The maximum Gasteiger partial charge on any atom is 0.243 e. The normalized spacial score (nSPS) is 11.3. The highest BCUT2D eigenvalue weighted by Gasteiger charge is 2.03. The number of hydrogen-bond acceptors (Lipinski definition) is 3. The molecule has 0 fully saturated rings. The van der Waals surface area contributed by atoms with Crippen molar-refractivity contribution in [2.75, 3.05) is 11.9 Å². The van der Waals surface area contributed by atoms with E-state index in [-0.39, 0.29) is 5.82 Å². The summed E-state index contributed by atoms with van der Waals surface area (Å²) in [6, 6.07) is 2.99. The van der Waals surface area contributed by atoms with Gasteiger partial charge in [-0.15, -0.1) is 5.10 Å². The van der Waals surface area contributed by atoms with Crippen molar-refractivity contribution in [3.05, 3.63) is 24.1 Å². The molecule has 17 heavy (non-hydrogen) atoms. The van der Waals surface area contributed by atoms with E-state index in [0.717, 1.165) is 13.0 Å². The summed E-state index contributed by atoms with van der Waals surface area (Å²) in [5.41, 5.74) is 0.651. The Bertz CT molecular complexity index is 492. The quantitative estimate of drug-likeness (QED) is 0.812. The summed E-state index contributed by atoms with van der Waals surface area (Å²) in [5, 5.41) is 7.29. The third kappa shape index (κ3) is 3.15. The third-order valence-electron chi connectivity index (χ3n) is 2.54. The summed E-state index contributed by atoms with van der Waals surface area (Å²) in [6.45, 7) is 5.25. The van der Waals surface area contributed by atoms with Gasteiger partial charge >= 0.3 is 0 Å². The van der Waals surface area contributed by atoms with Gasteiger partial charge in [-0.05, 0) is 30.9 Å². The number of halogens is 1. The first-order valence-electron chi connectivity index (χ1n) is 5.91. The molecule has 0 saturated heterocycles. The van der Waals surface area contributed by atoms with Crippen molar-refractivity contribution < 1.29 is 4.39 Å². The average Bonchev–Trinajstić information content (AvgIpc) is 2.66. The summed E-state index contributed by atoms with van der Waals surface area (Å²) in [5.74, 6) is 0.952. The first-order valence-corrected chi connectivity index (χ1v) is 5.91. The minimum atomic E-state index is -0.311. The van der Waals surface area contributed by atoms with Crippen LogP contribution in [-0.2, 0) is 0 Å². The summed E-state index contributed by atoms with van der Waals surface area (Å²) in [6.07, 6.45) is 3.58. The second-order valence-corrected chi connectivity index (χ2v) is 4.55. The van der Waals surface area contributed by atoms with Crippen LogP contribution in [0.25, 0.3) is 5.65 Å². The van der Waals surface area contributed by atoms with Crippen LogP contribution in [-0.4, -0.2) is 21.1 Å². The van der Waals surface area contributed by atoms with E-state index >= 15 is 0 Å². The fourth-order valence-corrected chi connectivity index (χ4v) is 1.64. The number of anilines is 1. The summed E-state index contributed by atoms with van der Waals surface area (Å²) in [7, 11) is 0. The molecule has 0 aromatic carbocycles. The number of aromatic nitrogens is 3. The minimum absolute atomic E-state index is 0.311. The van der Waals surface area contributed by atoms with Gasteiger partial charge in [0.15, 0.2) is 5.65 Å². The molecule has 4 nitrogen and oxygen atoms in total. The van der Waals surface area contributed by atoms with Crippen molar-refractivity contribution in [3.63, 3.8) is 0 Å². The molecule has 0 unspecified atom stereocenters. The van der Waals surface area contributed by atoms with E-state index in [1.165, 1.54) is 23.2 Å². The molecule has 92 valence electrons. The van der Waals surface area contributed by atoms with Gasteiger partial charge in [-0.2, -0.15) is 4.98 Å². The lowest BCUT2D eigenvalue weighted by atomic mass is 10.1. The Morgan fingerprint density at radius 1 is 1.41 bits per heavy atom. The lowest BCUT2D eigenvalue weighted by Gasteiger charge is -2.03. The van der Waals surface area contributed by atoms with E-state index in [1.807, 2.05) is 0 Å². The third-order valence-corrected chi connectivity index (χ3v) is 2.54. The standard InChI is InChI=1S/C12H17FN4/c1-9(2)4-3-7-14-12-15-11-6-5-10(13)8-17(11)16-12/h5-6,8-9H,3-4,7H2,1-2H3,(H,14,16). The van der Waals surface area contributed by atoms with Crippen LogP contribution in [0.15, 0.2) is 18.3 Å². The van der Waals surface area contributed by atoms with Crippen molar-refractivity contribution in [1.29, 1.82) is 0 Å². The van der Waals surface area contributed by atoms with Gasteiger partial charge in [0.1, 0.15) is 5.82 Å². The van der Waals surface area contributed by atoms with Gasteiger partial charge in [-0.1, -0.05) is 13.8 Å². The predicted octanol–water partition coefficient (Wildman–Crippen LogP) is 2.72. The van der Waals surface area contributed by atoms with Gasteiger partial charge < -0.3 is 5.32 Å². The zero-order chi connectivity index (χ0) is 12.3. The molecule has 2 aromatic rings. The highest BCUT2D eigenvalue weighted by molar-refractivity contribution is 5.42. The molecule has 0 bridgehead atoms. The molecule has 0 aliphatic heterocycles. The number of hydrogen-bond donors (Lipinski definition) is 1. The summed E-state index contributed by atoms with van der Waals surface area (Å²) >= 11 is 0. The maximum absolute atomic E-state index is 12.9. The van der Waals surface area contributed by atoms with Crippen LogP contribution >= 0.6 is 0 Å². The van der Waals surface area contributed by atoms with E-state index in [4.69, 9.17) is 0 Å². The van der Waals surface area contributed by atoms with Crippen LogP contribution in [0.1, 0.15) is 26.7 Å². The number of nitrogens with zero attached hydrogens (tertiary/aromatic N) is 3. The van der Waals surface area contributed by atoms with E-state index in [1.54, 1.807) is 6.07 Å². The van der Waals surface area contributed by atoms with Gasteiger partial charge in [-0.25, -0.2) is 8.91 Å². The molecule has 0 amide bonds. The first-order chi connectivity index (χ1) is 8.15. The van der Waals surface area contributed by atoms with Crippen LogP contribution in [0.5, 0.6) is 0 Å². The van der Waals surface area contributed by atoms with E-state index in [0.29, 0.717) is 17.5 Å². The molecule has 0 aliphatic carbocycles. The van der Waals surface area contributed by atoms with Gasteiger partial charge in [0, 0.05) is 6.54 Å². The average molecular weight is 236 g/mol. The summed E-state index contributed by atoms with van der Waals surface area (Å²) in [4.78, 5) is 4.24. The molecule has 2 aromatic heterocycles. The number of rotatable bonds is 5. The Kier molecular flexibility index (Phi) is 3.56. The van der Waals surface area contributed by atoms with Crippen LogP contribution in [0.4, 0.5) is 10.3 Å². The Morgan fingerprint density at radius 2 is 2.24 bits per heavy atom. The topological polar surface area (TPSA) is 42.2 Å². The second kappa shape index (κ2) is 5.12. The Labute approximate surface area is 99.9 Å². The molecule has 5 heteroatoms. The Morgan fingerprint density at radius 3 is 3.00 bits per heavy atom. The van der Waals surface area contributed by atoms with Crippen LogP contribution in [0.3, 0.4) is 0 Å². The van der Waals surface area contributed by atoms with E-state index in [9.17, 15) is 4.39 Å². The van der Waals surface area contributed by atoms with Gasteiger partial charge in [0.2, 0.25) is 5.95 Å². The zero-order valence-corrected chi connectivity index (χ0v) is 10.2. The minimum Gasteiger partial charge on any atom is -0.353 e. The lowest BCUT2D eigenvalue weighted by molar-refractivity contribution is 0.566. The van der Waals surface area contributed by atoms with Crippen LogP contribution in [0.2, 0.25) is 0 Å². The van der Waals surface area contributed by atoms with Gasteiger partial charge in [-0.3, -0.25) is 0 Å². The number of pyridine rings is 1. The van der Waals surface area contributed by atoms with E-state index in [2.05, 4.69) is 29.2 Å². The van der Waals surface area contributed by atoms with Crippen molar-refractivity contribution >= 4 is 11.6 Å². The first kappa shape index (κ1) is 11.8. The number of fused-ring (bicyclic) bond motifs is 1. The van der Waals surface area contributed by atoms with Crippen molar-refractivity contribution in [1.82, 2.24) is 14.6 Å². The largest absolute Gasteiger partial charge is 0.353 e. The molecule has 1 N–H and O–H groups in total. The van der Waals surface area contributed by atoms with Crippen molar-refractivity contribution in [2.24, 2.45) is 5.92 Å². The molecule has 0 radical (unpaired) electrons. The lowest BCUT2D eigenvalue weighted by Crippen LogP contribution is -2.04. The maximum atomic E-state index is 12.9. The molecule has 0 spiro atoms. The highest BCUT2D eigenvalue weighted by atomic mass is 19.1. The SMILES string of the molecule is CC(C)CCCNc1nc2ccc(F)cn2n1. The smallest absolute Gasteiger partial charge is 0.243 e. The summed E-state index contributed by atoms with van der Waals surface area (Å²) < 4.78 is 14.4. The Hall–Kier alpha value is -1.65. The predicted molar refractivity (Wildman–Crippen MR) is 65.5 cm³/mol. The fourth-order valence-electron chi connectivity index (χ4n) is 1.64. The van der Waals surface area contributed by atoms with Gasteiger partial charge in [0.05, 0.1) is 6.20 Å². The van der Waals surface area contributed by atoms with Crippen molar-refractivity contribution in [3.8, 4) is 0 Å². The molecule has 0 saturated carbocycles. The molecular formula is C12H17FN4. The monoisotopic (exact) mass is 236 g/mol. The number of nitrogens with one attached hydrogen (secondary N) is 1. The molecule has 0 atom stereocenters. The zero-order valence-electron chi connectivity index (χ0n) is 10.2.